The van der Waals surface area contributed by atoms with E-state index >= 15 is 0 Å². The number of benzene rings is 2. The van der Waals surface area contributed by atoms with Gasteiger partial charge in [0.25, 0.3) is 0 Å². The Bertz CT molecular complexity index is 948. The summed E-state index contributed by atoms with van der Waals surface area (Å²) in [7, 11) is 1.62. The Morgan fingerprint density at radius 3 is 2.59 bits per heavy atom. The first kappa shape index (κ1) is 18.8. The molecule has 3 rings (SSSR count). The smallest absolute Gasteiger partial charge is 0.240 e. The SMILES string of the molecule is COc1ccc(-c2n[nH]c(=S)n2CC(=O)NCC(C)c2ccccc2)cc1. The first-order valence-corrected chi connectivity index (χ1v) is 9.10. The van der Waals surface area contributed by atoms with Gasteiger partial charge in [0, 0.05) is 12.1 Å². The van der Waals surface area contributed by atoms with Gasteiger partial charge in [-0.3, -0.25) is 14.5 Å². The molecule has 140 valence electrons. The van der Waals surface area contributed by atoms with Crippen molar-refractivity contribution in [3.63, 3.8) is 0 Å². The standard InChI is InChI=1S/C20H22N4O2S/c1-14(15-6-4-3-5-7-15)12-21-18(25)13-24-19(22-23-20(24)27)16-8-10-17(26-2)11-9-16/h3-11,14H,12-13H2,1-2H3,(H,21,25)(H,23,27). The number of nitrogens with zero attached hydrogens (tertiary/aromatic N) is 2. The van der Waals surface area contributed by atoms with Crippen LogP contribution in [0.1, 0.15) is 18.4 Å². The number of aromatic amines is 1. The first-order valence-electron chi connectivity index (χ1n) is 8.69. The summed E-state index contributed by atoms with van der Waals surface area (Å²) in [6.07, 6.45) is 0. The number of carbonyl (C=O) groups is 1. The molecule has 1 amide bonds. The first-order chi connectivity index (χ1) is 13.1. The zero-order valence-electron chi connectivity index (χ0n) is 15.3. The van der Waals surface area contributed by atoms with Gasteiger partial charge in [-0.25, -0.2) is 0 Å². The molecule has 1 aromatic heterocycles. The second kappa shape index (κ2) is 8.64. The van der Waals surface area contributed by atoms with Gasteiger partial charge in [0.05, 0.1) is 7.11 Å². The molecule has 2 N–H and O–H groups in total. The molecule has 0 saturated heterocycles. The van der Waals surface area contributed by atoms with E-state index in [-0.39, 0.29) is 18.4 Å². The van der Waals surface area contributed by atoms with Crippen molar-refractivity contribution >= 4 is 18.1 Å². The van der Waals surface area contributed by atoms with E-state index in [9.17, 15) is 4.79 Å². The number of aromatic nitrogens is 3. The van der Waals surface area contributed by atoms with Crippen molar-refractivity contribution in [2.45, 2.75) is 19.4 Å². The van der Waals surface area contributed by atoms with Crippen LogP contribution in [0.5, 0.6) is 5.75 Å². The van der Waals surface area contributed by atoms with Gasteiger partial charge in [-0.2, -0.15) is 5.10 Å². The Morgan fingerprint density at radius 1 is 1.22 bits per heavy atom. The van der Waals surface area contributed by atoms with Gasteiger partial charge in [-0.1, -0.05) is 37.3 Å². The van der Waals surface area contributed by atoms with Crippen LogP contribution >= 0.6 is 12.2 Å². The predicted octanol–water partition coefficient (Wildman–Crippen LogP) is 3.54. The van der Waals surface area contributed by atoms with E-state index in [1.165, 1.54) is 5.56 Å². The Labute approximate surface area is 163 Å². The quantitative estimate of drug-likeness (QED) is 0.613. The third-order valence-corrected chi connectivity index (χ3v) is 4.69. The average molecular weight is 382 g/mol. The van der Waals surface area contributed by atoms with E-state index in [0.717, 1.165) is 11.3 Å². The van der Waals surface area contributed by atoms with Crippen molar-refractivity contribution < 1.29 is 9.53 Å². The largest absolute Gasteiger partial charge is 0.497 e. The molecule has 0 spiro atoms. The van der Waals surface area contributed by atoms with E-state index in [1.807, 2.05) is 42.5 Å². The fourth-order valence-corrected chi connectivity index (χ4v) is 2.99. The van der Waals surface area contributed by atoms with E-state index in [4.69, 9.17) is 17.0 Å². The number of carbonyl (C=O) groups excluding carboxylic acids is 1. The number of amides is 1. The van der Waals surface area contributed by atoms with Gasteiger partial charge >= 0.3 is 0 Å². The van der Waals surface area contributed by atoms with Crippen LogP contribution in [-0.2, 0) is 11.3 Å². The Morgan fingerprint density at radius 2 is 1.93 bits per heavy atom. The minimum atomic E-state index is -0.106. The monoisotopic (exact) mass is 382 g/mol. The zero-order chi connectivity index (χ0) is 19.2. The molecule has 0 aliphatic rings. The number of hydrogen-bond acceptors (Lipinski definition) is 4. The van der Waals surface area contributed by atoms with Crippen LogP contribution in [0.25, 0.3) is 11.4 Å². The van der Waals surface area contributed by atoms with Gasteiger partial charge in [0.1, 0.15) is 12.3 Å². The van der Waals surface area contributed by atoms with Crippen molar-refractivity contribution in [1.29, 1.82) is 0 Å². The molecule has 6 nitrogen and oxygen atoms in total. The maximum atomic E-state index is 12.4. The highest BCUT2D eigenvalue weighted by atomic mass is 32.1. The van der Waals surface area contributed by atoms with Crippen LogP contribution < -0.4 is 10.1 Å². The van der Waals surface area contributed by atoms with Gasteiger partial charge in [-0.15, -0.1) is 0 Å². The normalized spacial score (nSPS) is 11.8. The summed E-state index contributed by atoms with van der Waals surface area (Å²) in [5.74, 6) is 1.50. The second-order valence-corrected chi connectivity index (χ2v) is 6.67. The van der Waals surface area contributed by atoms with Crippen molar-refractivity contribution in [1.82, 2.24) is 20.1 Å². The predicted molar refractivity (Wildman–Crippen MR) is 107 cm³/mol. The molecule has 0 radical (unpaired) electrons. The summed E-state index contributed by atoms with van der Waals surface area (Å²) in [5, 5.41) is 10.0. The molecule has 3 aromatic rings. The lowest BCUT2D eigenvalue weighted by molar-refractivity contribution is -0.121. The molecule has 2 aromatic carbocycles. The van der Waals surface area contributed by atoms with E-state index in [0.29, 0.717) is 17.1 Å². The van der Waals surface area contributed by atoms with Crippen LogP contribution in [0.3, 0.4) is 0 Å². The van der Waals surface area contributed by atoms with Crippen LogP contribution in [0, 0.1) is 4.77 Å². The van der Waals surface area contributed by atoms with Gasteiger partial charge in [0.2, 0.25) is 5.91 Å². The summed E-state index contributed by atoms with van der Waals surface area (Å²) in [5.41, 5.74) is 2.05. The molecular weight excluding hydrogens is 360 g/mol. The molecular formula is C20H22N4O2S. The molecule has 1 unspecified atom stereocenters. The molecule has 27 heavy (non-hydrogen) atoms. The molecule has 0 bridgehead atoms. The summed E-state index contributed by atoms with van der Waals surface area (Å²) in [6.45, 7) is 2.76. The Hall–Kier alpha value is -2.93. The highest BCUT2D eigenvalue weighted by Gasteiger charge is 2.13. The number of H-pyrrole nitrogens is 1. The highest BCUT2D eigenvalue weighted by Crippen LogP contribution is 2.21. The van der Waals surface area contributed by atoms with Gasteiger partial charge in [0.15, 0.2) is 10.6 Å². The number of methoxy groups -OCH3 is 1. The Kier molecular flexibility index (Phi) is 6.03. The fourth-order valence-electron chi connectivity index (χ4n) is 2.79. The number of hydrogen-bond donors (Lipinski definition) is 2. The lowest BCUT2D eigenvalue weighted by Crippen LogP contribution is -2.31. The number of ether oxygens (including phenoxy) is 1. The lowest BCUT2D eigenvalue weighted by atomic mass is 10.0. The molecule has 0 aliphatic carbocycles. The highest BCUT2D eigenvalue weighted by molar-refractivity contribution is 7.71. The third kappa shape index (κ3) is 4.62. The van der Waals surface area contributed by atoms with Crippen molar-refractivity contribution in [2.24, 2.45) is 0 Å². The maximum Gasteiger partial charge on any atom is 0.240 e. The Balaban J connectivity index is 1.67. The van der Waals surface area contributed by atoms with Crippen LogP contribution in [0.2, 0.25) is 0 Å². The number of nitrogens with one attached hydrogen (secondary N) is 2. The van der Waals surface area contributed by atoms with E-state index in [1.54, 1.807) is 11.7 Å². The van der Waals surface area contributed by atoms with E-state index in [2.05, 4.69) is 34.6 Å². The summed E-state index contributed by atoms with van der Waals surface area (Å²) >= 11 is 5.29. The van der Waals surface area contributed by atoms with Crippen molar-refractivity contribution in [3.05, 3.63) is 64.9 Å². The minimum absolute atomic E-state index is 0.106. The average Bonchev–Trinajstić information content (AvgIpc) is 3.07. The minimum Gasteiger partial charge on any atom is -0.497 e. The molecule has 0 fully saturated rings. The third-order valence-electron chi connectivity index (χ3n) is 4.38. The zero-order valence-corrected chi connectivity index (χ0v) is 16.1. The number of rotatable bonds is 7. The maximum absolute atomic E-state index is 12.4. The molecule has 1 heterocycles. The van der Waals surface area contributed by atoms with Crippen molar-refractivity contribution in [2.75, 3.05) is 13.7 Å². The van der Waals surface area contributed by atoms with Crippen LogP contribution in [0.4, 0.5) is 0 Å². The van der Waals surface area contributed by atoms with E-state index < -0.39 is 0 Å². The second-order valence-electron chi connectivity index (χ2n) is 6.28. The summed E-state index contributed by atoms with van der Waals surface area (Å²) in [6, 6.07) is 17.6. The topological polar surface area (TPSA) is 71.9 Å². The van der Waals surface area contributed by atoms with Gasteiger partial charge < -0.3 is 10.1 Å². The van der Waals surface area contributed by atoms with Crippen molar-refractivity contribution in [3.8, 4) is 17.1 Å². The fraction of sp³-hybridized carbons (Fsp3) is 0.250. The molecule has 0 saturated carbocycles. The molecule has 7 heteroatoms. The summed E-state index contributed by atoms with van der Waals surface area (Å²) in [4.78, 5) is 12.4. The lowest BCUT2D eigenvalue weighted by Gasteiger charge is -2.14. The molecule has 1 atom stereocenters. The molecule has 0 aliphatic heterocycles. The van der Waals surface area contributed by atoms with Crippen LogP contribution in [0.15, 0.2) is 54.6 Å². The van der Waals surface area contributed by atoms with Crippen LogP contribution in [-0.4, -0.2) is 34.3 Å². The summed E-state index contributed by atoms with van der Waals surface area (Å²) < 4.78 is 7.28. The van der Waals surface area contributed by atoms with Gasteiger partial charge in [-0.05, 0) is 48.0 Å².